The number of nitrogens with one attached hydrogen (secondary N) is 1. The highest BCUT2D eigenvalue weighted by Gasteiger charge is 2.32. The average molecular weight is 428 g/mol. The van der Waals surface area contributed by atoms with E-state index in [2.05, 4.69) is 15.4 Å². The number of aromatic nitrogens is 3. The van der Waals surface area contributed by atoms with Gasteiger partial charge in [-0.1, -0.05) is 0 Å². The van der Waals surface area contributed by atoms with Gasteiger partial charge >= 0.3 is 0 Å². The monoisotopic (exact) mass is 428 g/mol. The Kier molecular flexibility index (Phi) is 5.63. The summed E-state index contributed by atoms with van der Waals surface area (Å²) in [4.78, 5) is 16.4. The fourth-order valence-electron chi connectivity index (χ4n) is 3.53. The Bertz CT molecular complexity index is 1140. The summed E-state index contributed by atoms with van der Waals surface area (Å²) in [5.41, 5.74) is 3.15. The first kappa shape index (κ1) is 20.2. The molecule has 156 valence electrons. The van der Waals surface area contributed by atoms with Crippen LogP contribution in [0, 0.1) is 11.7 Å². The number of rotatable bonds is 6. The van der Waals surface area contributed by atoms with Crippen molar-refractivity contribution in [1.29, 1.82) is 0 Å². The topological polar surface area (TPSA) is 93.9 Å². The quantitative estimate of drug-likeness (QED) is 0.650. The molecule has 2 aromatic heterocycles. The van der Waals surface area contributed by atoms with Crippen LogP contribution in [0.2, 0.25) is 0 Å². The Labute approximate surface area is 173 Å². The Balaban J connectivity index is 1.51. The van der Waals surface area contributed by atoms with Crippen LogP contribution in [0.5, 0.6) is 0 Å². The molecule has 0 unspecified atom stereocenters. The number of benzene rings is 1. The van der Waals surface area contributed by atoms with Crippen LogP contribution in [0.15, 0.2) is 54.9 Å². The number of nitrogens with zero attached hydrogens (tertiary/aromatic N) is 3. The van der Waals surface area contributed by atoms with Crippen molar-refractivity contribution >= 4 is 15.7 Å². The van der Waals surface area contributed by atoms with Crippen LogP contribution in [-0.2, 0) is 21.2 Å². The molecule has 1 fully saturated rings. The molecule has 1 saturated heterocycles. The van der Waals surface area contributed by atoms with E-state index in [0.717, 1.165) is 16.8 Å². The molecule has 1 N–H and O–H groups in total. The van der Waals surface area contributed by atoms with Crippen molar-refractivity contribution < 1.29 is 17.6 Å². The van der Waals surface area contributed by atoms with E-state index < -0.39 is 15.8 Å². The number of sulfone groups is 1. The number of carbonyl (C=O) groups excluding carboxylic acids is 1. The molecular formula is C21H21FN4O3S. The summed E-state index contributed by atoms with van der Waals surface area (Å²) >= 11 is 0. The molecule has 1 aliphatic rings. The zero-order valence-corrected chi connectivity index (χ0v) is 17.0. The van der Waals surface area contributed by atoms with Gasteiger partial charge in [0, 0.05) is 30.1 Å². The first-order valence-electron chi connectivity index (χ1n) is 9.64. The van der Waals surface area contributed by atoms with Gasteiger partial charge in [0.1, 0.15) is 5.82 Å². The van der Waals surface area contributed by atoms with E-state index in [1.807, 2.05) is 18.2 Å². The second-order valence-electron chi connectivity index (χ2n) is 7.28. The smallest absolute Gasteiger partial charge is 0.224 e. The Morgan fingerprint density at radius 1 is 1.20 bits per heavy atom. The second kappa shape index (κ2) is 8.35. The van der Waals surface area contributed by atoms with Crippen LogP contribution in [0.3, 0.4) is 0 Å². The van der Waals surface area contributed by atoms with Gasteiger partial charge in [-0.05, 0) is 48.9 Å². The van der Waals surface area contributed by atoms with E-state index in [-0.39, 0.29) is 23.2 Å². The van der Waals surface area contributed by atoms with E-state index in [1.165, 1.54) is 12.1 Å². The molecule has 1 aromatic carbocycles. The van der Waals surface area contributed by atoms with Crippen LogP contribution in [0.25, 0.3) is 22.5 Å². The average Bonchev–Trinajstić information content (AvgIpc) is 3.32. The van der Waals surface area contributed by atoms with Gasteiger partial charge < -0.3 is 5.32 Å². The molecule has 0 saturated carbocycles. The molecule has 0 spiro atoms. The standard InChI is InChI=1S/C21H21FN4O3S/c22-18-5-3-15(4-6-18)19-12-20(16-2-1-8-23-13-16)26(25-19)10-9-24-21(27)17-7-11-30(28,29)14-17/h1-6,8,12-13,17H,7,9-11,14H2,(H,24,27)/t17-/m0/s1. The number of amides is 1. The lowest BCUT2D eigenvalue weighted by Gasteiger charge is -2.11. The summed E-state index contributed by atoms with van der Waals surface area (Å²) in [5, 5.41) is 7.44. The molecule has 0 aliphatic carbocycles. The SMILES string of the molecule is O=C(NCCn1nc(-c2ccc(F)cc2)cc1-c1cccnc1)[C@H]1CCS(=O)(=O)C1. The summed E-state index contributed by atoms with van der Waals surface area (Å²) in [5.74, 6) is -1.07. The van der Waals surface area contributed by atoms with Crippen molar-refractivity contribution in [2.24, 2.45) is 5.92 Å². The van der Waals surface area contributed by atoms with Gasteiger partial charge in [0.2, 0.25) is 5.91 Å². The molecule has 3 heterocycles. The lowest BCUT2D eigenvalue weighted by molar-refractivity contribution is -0.124. The predicted octanol–water partition coefficient (Wildman–Crippen LogP) is 2.30. The largest absolute Gasteiger partial charge is 0.354 e. The third-order valence-electron chi connectivity index (χ3n) is 5.10. The Morgan fingerprint density at radius 2 is 2.00 bits per heavy atom. The minimum absolute atomic E-state index is 0.0659. The number of pyridine rings is 1. The number of carbonyl (C=O) groups is 1. The van der Waals surface area contributed by atoms with Gasteiger partial charge in [-0.25, -0.2) is 12.8 Å². The predicted molar refractivity (Wildman–Crippen MR) is 111 cm³/mol. The number of hydrogen-bond donors (Lipinski definition) is 1. The molecule has 7 nitrogen and oxygen atoms in total. The van der Waals surface area contributed by atoms with E-state index in [4.69, 9.17) is 0 Å². The van der Waals surface area contributed by atoms with Crippen molar-refractivity contribution in [3.05, 3.63) is 60.7 Å². The molecule has 9 heteroatoms. The van der Waals surface area contributed by atoms with Crippen LogP contribution in [-0.4, -0.2) is 47.1 Å². The van der Waals surface area contributed by atoms with E-state index in [9.17, 15) is 17.6 Å². The van der Waals surface area contributed by atoms with Crippen molar-refractivity contribution in [3.8, 4) is 22.5 Å². The van der Waals surface area contributed by atoms with Gasteiger partial charge in [-0.2, -0.15) is 5.10 Å². The lowest BCUT2D eigenvalue weighted by atomic mass is 10.1. The third kappa shape index (κ3) is 4.56. The minimum atomic E-state index is -3.10. The lowest BCUT2D eigenvalue weighted by Crippen LogP contribution is -2.33. The third-order valence-corrected chi connectivity index (χ3v) is 6.87. The molecule has 30 heavy (non-hydrogen) atoms. The molecule has 1 aliphatic heterocycles. The maximum Gasteiger partial charge on any atom is 0.224 e. The highest BCUT2D eigenvalue weighted by Crippen LogP contribution is 2.26. The summed E-state index contributed by atoms with van der Waals surface area (Å²) in [7, 11) is -3.10. The number of halogens is 1. The molecule has 0 bridgehead atoms. The maximum atomic E-state index is 13.3. The van der Waals surface area contributed by atoms with Crippen molar-refractivity contribution in [1.82, 2.24) is 20.1 Å². The van der Waals surface area contributed by atoms with Gasteiger partial charge in [0.25, 0.3) is 0 Å². The molecule has 4 rings (SSSR count). The van der Waals surface area contributed by atoms with Gasteiger partial charge in [0.05, 0.1) is 35.4 Å². The molecular weight excluding hydrogens is 407 g/mol. The van der Waals surface area contributed by atoms with Gasteiger partial charge in [-0.15, -0.1) is 0 Å². The normalized spacial score (nSPS) is 17.7. The highest BCUT2D eigenvalue weighted by molar-refractivity contribution is 7.91. The zero-order chi connectivity index (χ0) is 21.1. The Morgan fingerprint density at radius 3 is 2.67 bits per heavy atom. The maximum absolute atomic E-state index is 13.3. The van der Waals surface area contributed by atoms with Gasteiger partial charge in [0.15, 0.2) is 9.84 Å². The van der Waals surface area contributed by atoms with Crippen LogP contribution < -0.4 is 5.32 Å². The second-order valence-corrected chi connectivity index (χ2v) is 9.51. The zero-order valence-electron chi connectivity index (χ0n) is 16.2. The summed E-state index contributed by atoms with van der Waals surface area (Å²) < 4.78 is 38.2. The first-order valence-corrected chi connectivity index (χ1v) is 11.5. The van der Waals surface area contributed by atoms with Crippen molar-refractivity contribution in [2.45, 2.75) is 13.0 Å². The van der Waals surface area contributed by atoms with Gasteiger partial charge in [-0.3, -0.25) is 14.5 Å². The summed E-state index contributed by atoms with van der Waals surface area (Å²) in [6.07, 6.45) is 3.77. The van der Waals surface area contributed by atoms with E-state index >= 15 is 0 Å². The van der Waals surface area contributed by atoms with Crippen molar-refractivity contribution in [3.63, 3.8) is 0 Å². The fraction of sp³-hybridized carbons (Fsp3) is 0.286. The van der Waals surface area contributed by atoms with E-state index in [0.29, 0.717) is 25.2 Å². The molecule has 0 radical (unpaired) electrons. The van der Waals surface area contributed by atoms with Crippen LogP contribution in [0.4, 0.5) is 4.39 Å². The van der Waals surface area contributed by atoms with E-state index in [1.54, 1.807) is 29.2 Å². The molecule has 1 atom stereocenters. The number of hydrogen-bond acceptors (Lipinski definition) is 5. The molecule has 1 amide bonds. The fourth-order valence-corrected chi connectivity index (χ4v) is 5.27. The summed E-state index contributed by atoms with van der Waals surface area (Å²) in [6.45, 7) is 0.712. The first-order chi connectivity index (χ1) is 14.4. The Hall–Kier alpha value is -3.07. The minimum Gasteiger partial charge on any atom is -0.354 e. The van der Waals surface area contributed by atoms with Crippen LogP contribution in [0.1, 0.15) is 6.42 Å². The molecule has 3 aromatic rings. The van der Waals surface area contributed by atoms with Crippen LogP contribution >= 0.6 is 0 Å². The highest BCUT2D eigenvalue weighted by atomic mass is 32.2. The van der Waals surface area contributed by atoms with Crippen molar-refractivity contribution in [2.75, 3.05) is 18.1 Å². The summed E-state index contributed by atoms with van der Waals surface area (Å²) in [6, 6.07) is 11.7.